The standard InChI is InChI=1S/C23H14.Ir/c1-2-8-16(9-3-1)21-14-17-10-4-6-12-19(17)22-15-18-11-5-7-13-20(18)23(21)22;/h1-11,13-14,23H;/q-2;. The Labute approximate surface area is 155 Å². The van der Waals surface area contributed by atoms with E-state index in [4.69, 9.17) is 0 Å². The van der Waals surface area contributed by atoms with Crippen molar-refractivity contribution in [2.24, 2.45) is 0 Å². The number of hydrogen-bond donors (Lipinski definition) is 0. The molecule has 1 radical (unpaired) electrons. The first kappa shape index (κ1) is 15.3. The molecule has 5 rings (SSSR count). The van der Waals surface area contributed by atoms with Crippen LogP contribution in [-0.4, -0.2) is 0 Å². The molecule has 0 nitrogen and oxygen atoms in total. The molecule has 1 atom stereocenters. The summed E-state index contributed by atoms with van der Waals surface area (Å²) in [6.07, 6.45) is 5.96. The molecule has 0 aliphatic heterocycles. The second-order valence-corrected chi connectivity index (χ2v) is 6.03. The molecule has 0 fully saturated rings. The third-order valence-corrected chi connectivity index (χ3v) is 4.72. The molecule has 2 aliphatic rings. The Bertz CT molecular complexity index is 964. The van der Waals surface area contributed by atoms with Gasteiger partial charge in [-0.1, -0.05) is 47.9 Å². The van der Waals surface area contributed by atoms with Gasteiger partial charge in [0, 0.05) is 20.1 Å². The molecule has 0 saturated heterocycles. The quantitative estimate of drug-likeness (QED) is 0.409. The van der Waals surface area contributed by atoms with Gasteiger partial charge in [0.05, 0.1) is 0 Å². The first-order chi connectivity index (χ1) is 11.4. The summed E-state index contributed by atoms with van der Waals surface area (Å²) < 4.78 is 0. The zero-order valence-electron chi connectivity index (χ0n) is 12.9. The second kappa shape index (κ2) is 6.02. The average molecular weight is 483 g/mol. The Kier molecular flexibility index (Phi) is 3.84. The summed E-state index contributed by atoms with van der Waals surface area (Å²) in [5.41, 5.74) is 8.86. The third kappa shape index (κ3) is 2.24. The van der Waals surface area contributed by atoms with E-state index in [0.717, 1.165) is 0 Å². The van der Waals surface area contributed by atoms with Gasteiger partial charge in [0.2, 0.25) is 0 Å². The summed E-state index contributed by atoms with van der Waals surface area (Å²) in [6, 6.07) is 28.9. The van der Waals surface area contributed by atoms with Crippen LogP contribution in [0.5, 0.6) is 0 Å². The number of allylic oxidation sites excluding steroid dienone is 2. The van der Waals surface area contributed by atoms with E-state index in [9.17, 15) is 0 Å². The van der Waals surface area contributed by atoms with Gasteiger partial charge in [0.25, 0.3) is 0 Å². The van der Waals surface area contributed by atoms with E-state index < -0.39 is 0 Å². The van der Waals surface area contributed by atoms with E-state index in [0.29, 0.717) is 0 Å². The fourth-order valence-electron chi connectivity index (χ4n) is 3.70. The largest absolute Gasteiger partial charge is 0.214 e. The smallest absolute Gasteiger partial charge is 0 e. The van der Waals surface area contributed by atoms with Crippen molar-refractivity contribution in [3.05, 3.63) is 113 Å². The van der Waals surface area contributed by atoms with Gasteiger partial charge in [0.15, 0.2) is 0 Å². The maximum absolute atomic E-state index is 3.64. The maximum atomic E-state index is 3.64. The van der Waals surface area contributed by atoms with Crippen LogP contribution in [0.25, 0.3) is 17.2 Å². The van der Waals surface area contributed by atoms with Crippen LogP contribution < -0.4 is 0 Å². The predicted octanol–water partition coefficient (Wildman–Crippen LogP) is 5.37. The van der Waals surface area contributed by atoms with Gasteiger partial charge in [-0.3, -0.25) is 0 Å². The molecule has 0 spiro atoms. The topological polar surface area (TPSA) is 0 Å². The molecule has 0 N–H and O–H groups in total. The van der Waals surface area contributed by atoms with Gasteiger partial charge in [-0.25, -0.2) is 11.1 Å². The predicted molar refractivity (Wildman–Crippen MR) is 94.5 cm³/mol. The van der Waals surface area contributed by atoms with Gasteiger partial charge >= 0.3 is 0 Å². The Morgan fingerprint density at radius 2 is 1.58 bits per heavy atom. The molecule has 0 aromatic heterocycles. The molecule has 2 aliphatic carbocycles. The van der Waals surface area contributed by atoms with Crippen molar-refractivity contribution in [3.63, 3.8) is 0 Å². The van der Waals surface area contributed by atoms with E-state index >= 15 is 0 Å². The minimum Gasteiger partial charge on any atom is -0.214 e. The van der Waals surface area contributed by atoms with Crippen molar-refractivity contribution >= 4 is 17.2 Å². The summed E-state index contributed by atoms with van der Waals surface area (Å²) >= 11 is 0. The van der Waals surface area contributed by atoms with Crippen LogP contribution in [0.2, 0.25) is 0 Å². The molecule has 3 aromatic rings. The van der Waals surface area contributed by atoms with Crippen molar-refractivity contribution in [1.82, 2.24) is 0 Å². The SMILES string of the molecule is [C-]1=C2c3[c-]cccc3C=C(c3ccccc3)C2c2ccccc21.[Ir]. The first-order valence-corrected chi connectivity index (χ1v) is 7.93. The van der Waals surface area contributed by atoms with Gasteiger partial charge in [0.1, 0.15) is 0 Å². The second-order valence-electron chi connectivity index (χ2n) is 6.03. The first-order valence-electron chi connectivity index (χ1n) is 7.93. The molecule has 24 heavy (non-hydrogen) atoms. The van der Waals surface area contributed by atoms with Gasteiger partial charge in [-0.15, -0.1) is 47.5 Å². The summed E-state index contributed by atoms with van der Waals surface area (Å²) in [7, 11) is 0. The maximum Gasteiger partial charge on any atom is 0 e. The normalized spacial score (nSPS) is 16.9. The molecule has 1 unspecified atom stereocenters. The molecule has 1 heteroatoms. The minimum atomic E-state index is 0. The van der Waals surface area contributed by atoms with Gasteiger partial charge in [-0.05, 0) is 5.56 Å². The van der Waals surface area contributed by atoms with E-state index in [1.807, 2.05) is 6.07 Å². The van der Waals surface area contributed by atoms with Crippen molar-refractivity contribution in [2.45, 2.75) is 5.92 Å². The van der Waals surface area contributed by atoms with E-state index in [1.54, 1.807) is 0 Å². The minimum absolute atomic E-state index is 0. The van der Waals surface area contributed by atoms with Crippen LogP contribution in [-0.2, 0) is 20.1 Å². The summed E-state index contributed by atoms with van der Waals surface area (Å²) in [5, 5.41) is 0. The number of benzene rings is 3. The Hall–Kier alpha value is -2.21. The zero-order chi connectivity index (χ0) is 15.2. The van der Waals surface area contributed by atoms with Crippen LogP contribution >= 0.6 is 0 Å². The number of rotatable bonds is 1. The zero-order valence-corrected chi connectivity index (χ0v) is 15.3. The van der Waals surface area contributed by atoms with Crippen molar-refractivity contribution < 1.29 is 20.1 Å². The summed E-state index contributed by atoms with van der Waals surface area (Å²) in [6.45, 7) is 0. The van der Waals surface area contributed by atoms with Crippen molar-refractivity contribution in [2.75, 3.05) is 0 Å². The summed E-state index contributed by atoms with van der Waals surface area (Å²) in [4.78, 5) is 0. The van der Waals surface area contributed by atoms with Crippen LogP contribution in [0.15, 0.2) is 72.8 Å². The van der Waals surface area contributed by atoms with Gasteiger partial charge in [-0.2, -0.15) is 23.8 Å². The Morgan fingerprint density at radius 1 is 0.792 bits per heavy atom. The fourth-order valence-corrected chi connectivity index (χ4v) is 3.70. The Balaban J connectivity index is 0.00000146. The molecule has 0 bridgehead atoms. The monoisotopic (exact) mass is 483 g/mol. The van der Waals surface area contributed by atoms with Crippen LogP contribution in [0, 0.1) is 12.1 Å². The van der Waals surface area contributed by atoms with Crippen LogP contribution in [0.4, 0.5) is 0 Å². The fraction of sp³-hybridized carbons (Fsp3) is 0.0435. The molecule has 0 heterocycles. The van der Waals surface area contributed by atoms with E-state index in [2.05, 4.69) is 84.9 Å². The van der Waals surface area contributed by atoms with E-state index in [-0.39, 0.29) is 26.0 Å². The van der Waals surface area contributed by atoms with Crippen molar-refractivity contribution in [3.8, 4) is 0 Å². The van der Waals surface area contributed by atoms with E-state index in [1.165, 1.54) is 39.0 Å². The molecule has 0 saturated carbocycles. The Morgan fingerprint density at radius 3 is 2.46 bits per heavy atom. The van der Waals surface area contributed by atoms with Gasteiger partial charge < -0.3 is 0 Å². The average Bonchev–Trinajstić information content (AvgIpc) is 3.02. The van der Waals surface area contributed by atoms with Crippen LogP contribution in [0.3, 0.4) is 0 Å². The number of fused-ring (bicyclic) bond motifs is 5. The third-order valence-electron chi connectivity index (χ3n) is 4.72. The molecule has 117 valence electrons. The molecule has 3 aromatic carbocycles. The van der Waals surface area contributed by atoms with Crippen LogP contribution in [0.1, 0.15) is 33.7 Å². The number of hydrogen-bond acceptors (Lipinski definition) is 0. The molecular formula is C23H14Ir-2. The van der Waals surface area contributed by atoms with Crippen molar-refractivity contribution in [1.29, 1.82) is 0 Å². The summed E-state index contributed by atoms with van der Waals surface area (Å²) in [5.74, 6) is 0.264. The molecular weight excluding hydrogens is 468 g/mol. The molecule has 0 amide bonds.